The van der Waals surface area contributed by atoms with Gasteiger partial charge in [0.05, 0.1) is 12.7 Å². The van der Waals surface area contributed by atoms with Crippen LogP contribution in [0.25, 0.3) is 0 Å². The Balaban J connectivity index is 1.80. The maximum Gasteiger partial charge on any atom is 0.0845 e. The zero-order valence-electron chi connectivity index (χ0n) is 13.7. The number of ether oxygens (including phenoxy) is 1. The van der Waals surface area contributed by atoms with Gasteiger partial charge in [-0.1, -0.05) is 45.0 Å². The first-order valence-corrected chi connectivity index (χ1v) is 8.35. The third-order valence-electron chi connectivity index (χ3n) is 5.17. The summed E-state index contributed by atoms with van der Waals surface area (Å²) in [5, 5.41) is 0. The summed E-state index contributed by atoms with van der Waals surface area (Å²) < 4.78 is 6.10. The van der Waals surface area contributed by atoms with Crippen molar-refractivity contribution in [2.75, 3.05) is 6.61 Å². The summed E-state index contributed by atoms with van der Waals surface area (Å²) in [6, 6.07) is 8.71. The van der Waals surface area contributed by atoms with Gasteiger partial charge in [0.2, 0.25) is 0 Å². The van der Waals surface area contributed by atoms with Gasteiger partial charge in [0.15, 0.2) is 0 Å². The maximum atomic E-state index is 6.83. The van der Waals surface area contributed by atoms with Gasteiger partial charge in [-0.15, -0.1) is 0 Å². The van der Waals surface area contributed by atoms with Crippen LogP contribution in [0.15, 0.2) is 24.3 Å². The van der Waals surface area contributed by atoms with Crippen LogP contribution < -0.4 is 5.73 Å². The molecular weight excluding hydrogens is 258 g/mol. The van der Waals surface area contributed by atoms with E-state index in [1.54, 1.807) is 0 Å². The van der Waals surface area contributed by atoms with Gasteiger partial charge in [-0.2, -0.15) is 0 Å². The molecule has 3 atom stereocenters. The second kappa shape index (κ2) is 5.40. The molecule has 1 aromatic carbocycles. The van der Waals surface area contributed by atoms with Crippen LogP contribution in [0.4, 0.5) is 0 Å². The van der Waals surface area contributed by atoms with Gasteiger partial charge < -0.3 is 10.5 Å². The second-order valence-electron chi connectivity index (χ2n) is 8.23. The predicted molar refractivity (Wildman–Crippen MR) is 87.2 cm³/mol. The van der Waals surface area contributed by atoms with Crippen LogP contribution in [-0.2, 0) is 11.2 Å². The predicted octanol–water partition coefficient (Wildman–Crippen LogP) is 4.23. The van der Waals surface area contributed by atoms with Crippen molar-refractivity contribution in [3.05, 3.63) is 35.4 Å². The van der Waals surface area contributed by atoms with E-state index in [0.717, 1.165) is 32.3 Å². The molecule has 1 aliphatic heterocycles. The molecule has 2 N–H and O–H groups in total. The highest BCUT2D eigenvalue weighted by Crippen LogP contribution is 2.47. The van der Waals surface area contributed by atoms with Crippen LogP contribution in [0.2, 0.25) is 0 Å². The Morgan fingerprint density at radius 2 is 2.00 bits per heavy atom. The van der Waals surface area contributed by atoms with E-state index in [2.05, 4.69) is 45.0 Å². The lowest BCUT2D eigenvalue weighted by Crippen LogP contribution is -2.50. The highest BCUT2D eigenvalue weighted by Gasteiger charge is 2.42. The molecule has 2 heteroatoms. The first-order chi connectivity index (χ1) is 9.87. The number of hydrogen-bond donors (Lipinski definition) is 1. The van der Waals surface area contributed by atoms with Gasteiger partial charge in [0.1, 0.15) is 0 Å². The highest BCUT2D eigenvalue weighted by molar-refractivity contribution is 5.31. The summed E-state index contributed by atoms with van der Waals surface area (Å²) in [7, 11) is 0. The fourth-order valence-corrected chi connectivity index (χ4v) is 4.98. The normalized spacial score (nSPS) is 35.2. The Hall–Kier alpha value is -0.860. The third-order valence-corrected chi connectivity index (χ3v) is 5.17. The molecule has 0 saturated heterocycles. The van der Waals surface area contributed by atoms with Crippen molar-refractivity contribution in [1.82, 2.24) is 0 Å². The molecule has 1 saturated carbocycles. The Morgan fingerprint density at radius 3 is 2.76 bits per heavy atom. The van der Waals surface area contributed by atoms with Crippen LogP contribution >= 0.6 is 0 Å². The molecule has 1 aliphatic carbocycles. The number of nitrogens with two attached hydrogens (primary N) is 1. The van der Waals surface area contributed by atoms with E-state index in [1.807, 2.05) is 0 Å². The van der Waals surface area contributed by atoms with Gasteiger partial charge >= 0.3 is 0 Å². The first kappa shape index (κ1) is 15.1. The average Bonchev–Trinajstić information content (AvgIpc) is 2.35. The fourth-order valence-electron chi connectivity index (χ4n) is 4.98. The van der Waals surface area contributed by atoms with E-state index in [-0.39, 0.29) is 11.6 Å². The lowest BCUT2D eigenvalue weighted by Gasteiger charge is -2.47. The monoisotopic (exact) mass is 287 g/mol. The zero-order valence-corrected chi connectivity index (χ0v) is 13.7. The summed E-state index contributed by atoms with van der Waals surface area (Å²) in [4.78, 5) is 0. The van der Waals surface area contributed by atoms with Gasteiger partial charge in [0.25, 0.3) is 0 Å². The van der Waals surface area contributed by atoms with Crippen molar-refractivity contribution in [2.45, 2.75) is 64.5 Å². The van der Waals surface area contributed by atoms with Crippen LogP contribution in [0.1, 0.15) is 63.7 Å². The molecule has 21 heavy (non-hydrogen) atoms. The van der Waals surface area contributed by atoms with E-state index in [0.29, 0.717) is 11.3 Å². The molecule has 1 heterocycles. The minimum atomic E-state index is -0.0870. The van der Waals surface area contributed by atoms with E-state index in [1.165, 1.54) is 17.5 Å². The first-order valence-electron chi connectivity index (χ1n) is 8.35. The number of fused-ring (bicyclic) bond motifs is 1. The summed E-state index contributed by atoms with van der Waals surface area (Å²) >= 11 is 0. The van der Waals surface area contributed by atoms with Crippen molar-refractivity contribution < 1.29 is 4.74 Å². The smallest absolute Gasteiger partial charge is 0.0845 e. The molecule has 2 nitrogen and oxygen atoms in total. The number of rotatable bonds is 2. The summed E-state index contributed by atoms with van der Waals surface area (Å²) in [6.07, 6.45) is 5.68. The largest absolute Gasteiger partial charge is 0.373 e. The number of benzene rings is 1. The minimum Gasteiger partial charge on any atom is -0.373 e. The second-order valence-corrected chi connectivity index (χ2v) is 8.23. The molecule has 0 aromatic heterocycles. The Kier molecular flexibility index (Phi) is 3.87. The van der Waals surface area contributed by atoms with Crippen molar-refractivity contribution in [1.29, 1.82) is 0 Å². The van der Waals surface area contributed by atoms with Gasteiger partial charge in [-0.05, 0) is 54.6 Å². The van der Waals surface area contributed by atoms with Crippen molar-refractivity contribution in [2.24, 2.45) is 17.1 Å². The molecule has 0 radical (unpaired) electrons. The zero-order chi connectivity index (χ0) is 15.1. The molecule has 3 unspecified atom stereocenters. The maximum absolute atomic E-state index is 6.83. The third kappa shape index (κ3) is 3.32. The summed E-state index contributed by atoms with van der Waals surface area (Å²) in [6.45, 7) is 7.90. The molecule has 0 amide bonds. The van der Waals surface area contributed by atoms with Gasteiger partial charge in [-0.3, -0.25) is 0 Å². The summed E-state index contributed by atoms with van der Waals surface area (Å²) in [5.74, 6) is 0.706. The lowest BCUT2D eigenvalue weighted by atomic mass is 9.63. The molecular formula is C19H29NO. The fraction of sp³-hybridized carbons (Fsp3) is 0.684. The molecule has 1 fully saturated rings. The van der Waals surface area contributed by atoms with Gasteiger partial charge in [-0.25, -0.2) is 0 Å². The molecule has 0 bridgehead atoms. The Morgan fingerprint density at radius 1 is 1.24 bits per heavy atom. The topological polar surface area (TPSA) is 35.2 Å². The summed E-state index contributed by atoms with van der Waals surface area (Å²) in [5.41, 5.74) is 9.90. The van der Waals surface area contributed by atoms with E-state index in [4.69, 9.17) is 10.5 Å². The van der Waals surface area contributed by atoms with E-state index >= 15 is 0 Å². The molecule has 116 valence electrons. The number of hydrogen-bond acceptors (Lipinski definition) is 2. The lowest BCUT2D eigenvalue weighted by molar-refractivity contribution is -0.00164. The Bertz CT molecular complexity index is 510. The standard InChI is InChI=1S/C19H29NO/c1-14-10-18(2,3)13-19(20,11-14)12-17-16-7-5-4-6-15(16)8-9-21-17/h4-7,14,17H,8-13,20H2,1-3H3. The van der Waals surface area contributed by atoms with E-state index in [9.17, 15) is 0 Å². The molecule has 2 aliphatic rings. The van der Waals surface area contributed by atoms with Crippen molar-refractivity contribution in [3.8, 4) is 0 Å². The van der Waals surface area contributed by atoms with Crippen molar-refractivity contribution in [3.63, 3.8) is 0 Å². The van der Waals surface area contributed by atoms with Gasteiger partial charge in [0, 0.05) is 5.54 Å². The molecule has 3 rings (SSSR count). The Labute approximate surface area is 129 Å². The van der Waals surface area contributed by atoms with Crippen LogP contribution in [0, 0.1) is 11.3 Å². The quantitative estimate of drug-likeness (QED) is 0.883. The van der Waals surface area contributed by atoms with Crippen LogP contribution in [-0.4, -0.2) is 12.1 Å². The molecule has 1 aromatic rings. The average molecular weight is 287 g/mol. The van der Waals surface area contributed by atoms with Crippen molar-refractivity contribution >= 4 is 0 Å². The minimum absolute atomic E-state index is 0.0870. The van der Waals surface area contributed by atoms with E-state index < -0.39 is 0 Å². The van der Waals surface area contributed by atoms with Crippen LogP contribution in [0.5, 0.6) is 0 Å². The van der Waals surface area contributed by atoms with Crippen LogP contribution in [0.3, 0.4) is 0 Å². The SMILES string of the molecule is CC1CC(C)(C)CC(N)(CC2OCCc3ccccc32)C1. The highest BCUT2D eigenvalue weighted by atomic mass is 16.5. The molecule has 0 spiro atoms.